The third-order valence-electron chi connectivity index (χ3n) is 2.48. The molecule has 0 aliphatic rings. The summed E-state index contributed by atoms with van der Waals surface area (Å²) in [7, 11) is 0. The van der Waals surface area contributed by atoms with Gasteiger partial charge >= 0.3 is 0 Å². The topological polar surface area (TPSA) is 12.0 Å². The van der Waals surface area contributed by atoms with E-state index in [-0.39, 0.29) is 0 Å². The second-order valence-electron chi connectivity index (χ2n) is 5.58. The molecule has 0 amide bonds. The van der Waals surface area contributed by atoms with E-state index in [4.69, 9.17) is 0 Å². The molecule has 1 heteroatoms. The highest BCUT2D eigenvalue weighted by Gasteiger charge is 2.12. The van der Waals surface area contributed by atoms with E-state index in [0.717, 1.165) is 6.54 Å². The molecule has 0 spiro atoms. The van der Waals surface area contributed by atoms with Gasteiger partial charge in [0.15, 0.2) is 0 Å². The Balaban J connectivity index is 2.58. The Morgan fingerprint density at radius 2 is 1.93 bits per heavy atom. The van der Waals surface area contributed by atoms with E-state index in [0.29, 0.717) is 11.5 Å². The maximum Gasteiger partial charge on any atom is 0.0292 e. The maximum absolute atomic E-state index is 3.57. The van der Waals surface area contributed by atoms with Gasteiger partial charge in [0.1, 0.15) is 0 Å². The number of rotatable bonds is 3. The average molecular weight is 205 g/mol. The predicted molar refractivity (Wildman–Crippen MR) is 67.1 cm³/mol. The van der Waals surface area contributed by atoms with E-state index in [1.807, 2.05) is 0 Å². The van der Waals surface area contributed by atoms with Crippen LogP contribution in [-0.2, 0) is 0 Å². The predicted octanol–water partition coefficient (Wildman–Crippen LogP) is 3.69. The molecule has 0 unspecified atom stereocenters. The van der Waals surface area contributed by atoms with Crippen LogP contribution in [0.3, 0.4) is 0 Å². The monoisotopic (exact) mass is 205 g/mol. The van der Waals surface area contributed by atoms with Crippen molar-refractivity contribution in [2.45, 2.75) is 40.7 Å². The van der Waals surface area contributed by atoms with E-state index >= 15 is 0 Å². The third-order valence-corrected chi connectivity index (χ3v) is 2.48. The molecule has 1 rings (SSSR count). The molecule has 0 aliphatic heterocycles. The third kappa shape index (κ3) is 4.48. The summed E-state index contributed by atoms with van der Waals surface area (Å²) in [5.41, 5.74) is 3.05. The van der Waals surface area contributed by atoms with E-state index in [2.05, 4.69) is 64.2 Å². The van der Waals surface area contributed by atoms with E-state index in [9.17, 15) is 0 Å². The first-order valence-electron chi connectivity index (χ1n) is 5.68. The van der Waals surface area contributed by atoms with Gasteiger partial charge in [0.2, 0.25) is 0 Å². The fourth-order valence-corrected chi connectivity index (χ4v) is 1.52. The quantitative estimate of drug-likeness (QED) is 0.793. The molecular weight excluding hydrogens is 182 g/mol. The zero-order valence-corrected chi connectivity index (χ0v) is 10.6. The van der Waals surface area contributed by atoms with Crippen molar-refractivity contribution in [3.63, 3.8) is 0 Å². The fraction of sp³-hybridized carbons (Fsp3) is 0.571. The van der Waals surface area contributed by atoms with Crippen molar-refractivity contribution in [3.05, 3.63) is 35.4 Å². The molecule has 1 N–H and O–H groups in total. The zero-order valence-electron chi connectivity index (χ0n) is 10.6. The second-order valence-corrected chi connectivity index (χ2v) is 5.58. The number of nitrogens with one attached hydrogen (secondary N) is 1. The minimum atomic E-state index is 0.345. The Hall–Kier alpha value is -0.820. The Morgan fingerprint density at radius 1 is 1.27 bits per heavy atom. The summed E-state index contributed by atoms with van der Waals surface area (Å²) < 4.78 is 0. The molecule has 0 saturated carbocycles. The highest BCUT2D eigenvalue weighted by molar-refractivity contribution is 5.24. The Morgan fingerprint density at radius 3 is 2.47 bits per heavy atom. The minimum absolute atomic E-state index is 0.345. The van der Waals surface area contributed by atoms with Crippen LogP contribution in [0.25, 0.3) is 0 Å². The number of hydrogen-bond acceptors (Lipinski definition) is 1. The van der Waals surface area contributed by atoms with Crippen molar-refractivity contribution in [2.24, 2.45) is 5.41 Å². The lowest BCUT2D eigenvalue weighted by atomic mass is 9.96. The highest BCUT2D eigenvalue weighted by atomic mass is 14.9. The molecule has 0 saturated heterocycles. The number of hydrogen-bond donors (Lipinski definition) is 1. The van der Waals surface area contributed by atoms with Crippen molar-refractivity contribution in [2.75, 3.05) is 6.54 Å². The van der Waals surface area contributed by atoms with E-state index < -0.39 is 0 Å². The Labute approximate surface area is 93.9 Å². The molecule has 15 heavy (non-hydrogen) atoms. The van der Waals surface area contributed by atoms with Crippen molar-refractivity contribution < 1.29 is 0 Å². The summed E-state index contributed by atoms with van der Waals surface area (Å²) in [5.74, 6) is 0. The van der Waals surface area contributed by atoms with E-state index in [1.165, 1.54) is 11.1 Å². The van der Waals surface area contributed by atoms with Gasteiger partial charge in [-0.05, 0) is 24.8 Å². The van der Waals surface area contributed by atoms with Crippen LogP contribution in [-0.4, -0.2) is 6.54 Å². The van der Waals surface area contributed by atoms with Crippen molar-refractivity contribution in [3.8, 4) is 0 Å². The lowest BCUT2D eigenvalue weighted by molar-refractivity contribution is 0.359. The van der Waals surface area contributed by atoms with Gasteiger partial charge in [0.25, 0.3) is 0 Å². The summed E-state index contributed by atoms with van der Waals surface area (Å²) in [4.78, 5) is 0. The van der Waals surface area contributed by atoms with Crippen LogP contribution in [0.15, 0.2) is 24.3 Å². The first-order chi connectivity index (χ1) is 6.88. The first-order valence-corrected chi connectivity index (χ1v) is 5.68. The molecule has 1 nitrogen and oxygen atoms in total. The second kappa shape index (κ2) is 4.80. The zero-order chi connectivity index (χ0) is 11.5. The molecular formula is C14H23N. The molecule has 0 fully saturated rings. The van der Waals surface area contributed by atoms with Crippen molar-refractivity contribution in [1.29, 1.82) is 0 Å². The molecule has 0 aromatic heterocycles. The average Bonchev–Trinajstić information content (AvgIpc) is 2.13. The van der Waals surface area contributed by atoms with Crippen LogP contribution in [0.1, 0.15) is 44.9 Å². The largest absolute Gasteiger partial charge is 0.310 e. The van der Waals surface area contributed by atoms with Crippen LogP contribution in [0.4, 0.5) is 0 Å². The first kappa shape index (κ1) is 12.3. The molecule has 84 valence electrons. The SMILES string of the molecule is Cc1cccc([C@@H](C)NCC(C)(C)C)c1. The smallest absolute Gasteiger partial charge is 0.0292 e. The molecule has 1 atom stereocenters. The molecule has 0 radical (unpaired) electrons. The Bertz CT molecular complexity index is 309. The van der Waals surface area contributed by atoms with Crippen molar-refractivity contribution in [1.82, 2.24) is 5.32 Å². The molecule has 0 heterocycles. The summed E-state index contributed by atoms with van der Waals surface area (Å²) in [6.45, 7) is 12.2. The van der Waals surface area contributed by atoms with Crippen LogP contribution >= 0.6 is 0 Å². The summed E-state index contributed by atoms with van der Waals surface area (Å²) in [6.07, 6.45) is 0. The lowest BCUT2D eigenvalue weighted by Gasteiger charge is -2.23. The number of benzene rings is 1. The van der Waals surface area contributed by atoms with Gasteiger partial charge in [-0.25, -0.2) is 0 Å². The van der Waals surface area contributed by atoms with Gasteiger partial charge in [-0.15, -0.1) is 0 Å². The minimum Gasteiger partial charge on any atom is -0.310 e. The molecule has 0 aliphatic carbocycles. The van der Waals surface area contributed by atoms with Gasteiger partial charge in [0, 0.05) is 12.6 Å². The summed E-state index contributed by atoms with van der Waals surface area (Å²) in [6, 6.07) is 9.14. The summed E-state index contributed by atoms with van der Waals surface area (Å²) >= 11 is 0. The maximum atomic E-state index is 3.57. The van der Waals surface area contributed by atoms with Crippen LogP contribution in [0, 0.1) is 12.3 Å². The van der Waals surface area contributed by atoms with Crippen LogP contribution in [0.5, 0.6) is 0 Å². The van der Waals surface area contributed by atoms with E-state index in [1.54, 1.807) is 0 Å². The highest BCUT2D eigenvalue weighted by Crippen LogP contribution is 2.17. The lowest BCUT2D eigenvalue weighted by Crippen LogP contribution is -2.29. The van der Waals surface area contributed by atoms with Crippen molar-refractivity contribution >= 4 is 0 Å². The standard InChI is InChI=1S/C14H23N/c1-11-7-6-8-13(9-11)12(2)15-10-14(3,4)5/h6-9,12,15H,10H2,1-5H3/t12-/m1/s1. The molecule has 0 bridgehead atoms. The van der Waals surface area contributed by atoms with Crippen LogP contribution < -0.4 is 5.32 Å². The van der Waals surface area contributed by atoms with Crippen LogP contribution in [0.2, 0.25) is 0 Å². The number of aryl methyl sites for hydroxylation is 1. The molecule has 1 aromatic carbocycles. The van der Waals surface area contributed by atoms with Gasteiger partial charge < -0.3 is 5.32 Å². The van der Waals surface area contributed by atoms with Gasteiger partial charge in [0.05, 0.1) is 0 Å². The Kier molecular flexibility index (Phi) is 3.92. The van der Waals surface area contributed by atoms with Gasteiger partial charge in [-0.1, -0.05) is 50.6 Å². The normalized spacial score (nSPS) is 13.9. The van der Waals surface area contributed by atoms with Gasteiger partial charge in [-0.2, -0.15) is 0 Å². The summed E-state index contributed by atoms with van der Waals surface area (Å²) in [5, 5.41) is 3.57. The fourth-order valence-electron chi connectivity index (χ4n) is 1.52. The molecule has 1 aromatic rings. The van der Waals surface area contributed by atoms with Gasteiger partial charge in [-0.3, -0.25) is 0 Å².